The van der Waals surface area contributed by atoms with Gasteiger partial charge in [-0.25, -0.2) is 15.0 Å². The molecule has 0 unspecified atom stereocenters. The van der Waals surface area contributed by atoms with Crippen LogP contribution in [0.2, 0.25) is 0 Å². The second-order valence-corrected chi connectivity index (χ2v) is 9.39. The summed E-state index contributed by atoms with van der Waals surface area (Å²) in [5, 5.41) is 3.47. The van der Waals surface area contributed by atoms with Gasteiger partial charge < -0.3 is 10.2 Å². The predicted octanol–water partition coefficient (Wildman–Crippen LogP) is 6.24. The summed E-state index contributed by atoms with van der Waals surface area (Å²) in [4.78, 5) is 15.4. The van der Waals surface area contributed by atoms with Gasteiger partial charge in [-0.15, -0.1) is 0 Å². The van der Waals surface area contributed by atoms with E-state index in [-0.39, 0.29) is 11.7 Å². The Morgan fingerprint density at radius 1 is 1.00 bits per heavy atom. The van der Waals surface area contributed by atoms with Gasteiger partial charge in [-0.05, 0) is 55.0 Å². The molecular formula is C26H28F3N5. The van der Waals surface area contributed by atoms with Crippen LogP contribution in [0.15, 0.2) is 42.6 Å². The molecule has 8 heteroatoms. The largest absolute Gasteiger partial charge is 0.419 e. The lowest BCUT2D eigenvalue weighted by atomic mass is 10.1. The Morgan fingerprint density at radius 2 is 1.74 bits per heavy atom. The third-order valence-corrected chi connectivity index (χ3v) is 6.49. The van der Waals surface area contributed by atoms with E-state index in [9.17, 15) is 13.2 Å². The van der Waals surface area contributed by atoms with Gasteiger partial charge in [0.1, 0.15) is 17.5 Å². The second-order valence-electron chi connectivity index (χ2n) is 9.39. The van der Waals surface area contributed by atoms with Crippen molar-refractivity contribution in [3.63, 3.8) is 0 Å². The van der Waals surface area contributed by atoms with Crippen molar-refractivity contribution in [2.24, 2.45) is 0 Å². The summed E-state index contributed by atoms with van der Waals surface area (Å²) in [6.07, 6.45) is 0.536. The topological polar surface area (TPSA) is 53.9 Å². The first-order valence-electron chi connectivity index (χ1n) is 11.8. The molecule has 2 aliphatic rings. The van der Waals surface area contributed by atoms with Gasteiger partial charge in [-0.2, -0.15) is 13.2 Å². The van der Waals surface area contributed by atoms with E-state index < -0.39 is 11.7 Å². The molecule has 1 aromatic carbocycles. The molecule has 0 amide bonds. The summed E-state index contributed by atoms with van der Waals surface area (Å²) in [6.45, 7) is 4.91. The van der Waals surface area contributed by atoms with E-state index in [1.165, 1.54) is 30.7 Å². The van der Waals surface area contributed by atoms with Crippen molar-refractivity contribution in [2.45, 2.75) is 57.5 Å². The summed E-state index contributed by atoms with van der Waals surface area (Å²) < 4.78 is 40.8. The van der Waals surface area contributed by atoms with Crippen molar-refractivity contribution in [3.05, 3.63) is 70.8 Å². The minimum atomic E-state index is -4.45. The second kappa shape index (κ2) is 8.89. The standard InChI is InChI=1S/C26H28F3N5/c1-16(2)23-32-22-12-15-34(25-21(26(27,28)29)4-3-13-30-25)14-11-20(22)24(33-23)31-19-9-7-18(8-10-19)17-5-6-17/h3-4,7-10,13,16-17H,5-6,11-12,14-15H2,1-2H3,(H,31,32,33). The number of fused-ring (bicyclic) bond motifs is 1. The van der Waals surface area contributed by atoms with Crippen molar-refractivity contribution in [1.29, 1.82) is 0 Å². The summed E-state index contributed by atoms with van der Waals surface area (Å²) in [5.74, 6) is 2.28. The Balaban J connectivity index is 1.45. The quantitative estimate of drug-likeness (QED) is 0.481. The van der Waals surface area contributed by atoms with Gasteiger partial charge in [0.15, 0.2) is 0 Å². The van der Waals surface area contributed by atoms with E-state index in [0.717, 1.165) is 34.7 Å². The van der Waals surface area contributed by atoms with Gasteiger partial charge in [0.2, 0.25) is 0 Å². The molecule has 1 saturated carbocycles. The Hall–Kier alpha value is -3.16. The third kappa shape index (κ3) is 4.72. The maximum atomic E-state index is 13.6. The van der Waals surface area contributed by atoms with E-state index in [1.807, 2.05) is 13.8 Å². The Bertz CT molecular complexity index is 1170. The van der Waals surface area contributed by atoms with Crippen LogP contribution in [0.1, 0.15) is 66.7 Å². The van der Waals surface area contributed by atoms with E-state index in [4.69, 9.17) is 9.97 Å². The first-order chi connectivity index (χ1) is 16.3. The van der Waals surface area contributed by atoms with Crippen LogP contribution in [0.3, 0.4) is 0 Å². The van der Waals surface area contributed by atoms with E-state index >= 15 is 0 Å². The fourth-order valence-electron chi connectivity index (χ4n) is 4.45. The number of alkyl halides is 3. The van der Waals surface area contributed by atoms with Crippen LogP contribution in [-0.4, -0.2) is 28.0 Å². The number of hydrogen-bond donors (Lipinski definition) is 1. The minimum Gasteiger partial charge on any atom is -0.355 e. The lowest BCUT2D eigenvalue weighted by molar-refractivity contribution is -0.137. The van der Waals surface area contributed by atoms with Gasteiger partial charge in [-0.3, -0.25) is 0 Å². The summed E-state index contributed by atoms with van der Waals surface area (Å²) >= 11 is 0. The summed E-state index contributed by atoms with van der Waals surface area (Å²) in [7, 11) is 0. The predicted molar refractivity (Wildman–Crippen MR) is 127 cm³/mol. The number of rotatable bonds is 5. The van der Waals surface area contributed by atoms with Crippen LogP contribution in [0.4, 0.5) is 30.5 Å². The van der Waals surface area contributed by atoms with Crippen molar-refractivity contribution < 1.29 is 13.2 Å². The molecule has 3 aromatic rings. The molecule has 0 radical (unpaired) electrons. The SMILES string of the molecule is CC(C)c1nc2c(c(Nc3ccc(C4CC4)cc3)n1)CCN(c1ncccc1C(F)(F)F)CC2. The number of nitrogens with zero attached hydrogens (tertiary/aromatic N) is 4. The molecule has 0 saturated heterocycles. The smallest absolute Gasteiger partial charge is 0.355 e. The average molecular weight is 468 g/mol. The highest BCUT2D eigenvalue weighted by molar-refractivity contribution is 5.62. The van der Waals surface area contributed by atoms with Crippen molar-refractivity contribution in [3.8, 4) is 0 Å². The molecule has 34 heavy (non-hydrogen) atoms. The highest BCUT2D eigenvalue weighted by Crippen LogP contribution is 2.40. The van der Waals surface area contributed by atoms with E-state index in [0.29, 0.717) is 31.8 Å². The van der Waals surface area contributed by atoms with Crippen molar-refractivity contribution in [1.82, 2.24) is 15.0 Å². The number of benzene rings is 1. The van der Waals surface area contributed by atoms with Gasteiger partial charge in [0.05, 0.1) is 11.3 Å². The molecule has 0 atom stereocenters. The number of halogens is 3. The summed E-state index contributed by atoms with van der Waals surface area (Å²) in [6, 6.07) is 10.9. The Kier molecular flexibility index (Phi) is 5.91. The normalized spacial score (nSPS) is 16.4. The molecule has 1 aliphatic heterocycles. The molecule has 5 rings (SSSR count). The van der Waals surface area contributed by atoms with Crippen LogP contribution < -0.4 is 10.2 Å². The first kappa shape index (κ1) is 22.6. The number of anilines is 3. The Morgan fingerprint density at radius 3 is 2.41 bits per heavy atom. The van der Waals surface area contributed by atoms with E-state index in [2.05, 4.69) is 34.6 Å². The number of hydrogen-bond acceptors (Lipinski definition) is 5. The molecule has 3 heterocycles. The first-order valence-corrected chi connectivity index (χ1v) is 11.8. The number of pyridine rings is 1. The zero-order valence-electron chi connectivity index (χ0n) is 19.4. The molecule has 1 aliphatic carbocycles. The number of aromatic nitrogens is 3. The van der Waals surface area contributed by atoms with Gasteiger partial charge >= 0.3 is 6.18 Å². The molecule has 1 fully saturated rings. The van der Waals surface area contributed by atoms with Crippen LogP contribution in [-0.2, 0) is 19.0 Å². The van der Waals surface area contributed by atoms with Gasteiger partial charge in [0, 0.05) is 42.9 Å². The molecule has 5 nitrogen and oxygen atoms in total. The monoisotopic (exact) mass is 467 g/mol. The fourth-order valence-corrected chi connectivity index (χ4v) is 4.45. The molecule has 0 bridgehead atoms. The van der Waals surface area contributed by atoms with E-state index in [1.54, 1.807) is 4.90 Å². The van der Waals surface area contributed by atoms with Crippen molar-refractivity contribution >= 4 is 17.3 Å². The zero-order chi connectivity index (χ0) is 23.9. The average Bonchev–Trinajstić information content (AvgIpc) is 3.66. The van der Waals surface area contributed by atoms with Crippen LogP contribution in [0.25, 0.3) is 0 Å². The highest BCUT2D eigenvalue weighted by atomic mass is 19.4. The van der Waals surface area contributed by atoms with Crippen LogP contribution in [0.5, 0.6) is 0 Å². The molecule has 178 valence electrons. The molecule has 2 aromatic heterocycles. The fraction of sp³-hybridized carbons (Fsp3) is 0.423. The molecule has 1 N–H and O–H groups in total. The maximum absolute atomic E-state index is 13.6. The summed E-state index contributed by atoms with van der Waals surface area (Å²) in [5.41, 5.74) is 3.46. The number of nitrogens with one attached hydrogen (secondary N) is 1. The third-order valence-electron chi connectivity index (χ3n) is 6.49. The lowest BCUT2D eigenvalue weighted by Gasteiger charge is -2.24. The maximum Gasteiger partial charge on any atom is 0.419 e. The van der Waals surface area contributed by atoms with Crippen LogP contribution >= 0.6 is 0 Å². The highest BCUT2D eigenvalue weighted by Gasteiger charge is 2.36. The van der Waals surface area contributed by atoms with Gasteiger partial charge in [0.25, 0.3) is 0 Å². The molecular weight excluding hydrogens is 439 g/mol. The Labute approximate surface area is 197 Å². The van der Waals surface area contributed by atoms with Crippen molar-refractivity contribution in [2.75, 3.05) is 23.3 Å². The van der Waals surface area contributed by atoms with Crippen LogP contribution in [0, 0.1) is 0 Å². The van der Waals surface area contributed by atoms with Gasteiger partial charge in [-0.1, -0.05) is 26.0 Å². The zero-order valence-corrected chi connectivity index (χ0v) is 19.4. The lowest BCUT2D eigenvalue weighted by Crippen LogP contribution is -2.29. The molecule has 0 spiro atoms. The minimum absolute atomic E-state index is 0.0231.